The summed E-state index contributed by atoms with van der Waals surface area (Å²) in [4.78, 5) is 0. The molecule has 0 bridgehead atoms. The molecule has 0 saturated carbocycles. The van der Waals surface area contributed by atoms with Crippen molar-refractivity contribution in [3.05, 3.63) is 40.6 Å². The monoisotopic (exact) mass is 409 g/mol. The molecule has 1 aromatic carbocycles. The Morgan fingerprint density at radius 1 is 1.21 bits per heavy atom. The maximum Gasteiger partial charge on any atom is 0.200 e. The number of ether oxygens (including phenoxy) is 2. The highest BCUT2D eigenvalue weighted by molar-refractivity contribution is 9.10. The summed E-state index contributed by atoms with van der Waals surface area (Å²) in [7, 11) is 5.21. The van der Waals surface area contributed by atoms with Gasteiger partial charge in [-0.15, -0.1) is 10.2 Å². The number of nitrogens with zero attached hydrogens (tertiary/aromatic N) is 3. The topological polar surface area (TPSA) is 62.3 Å². The molecule has 3 rings (SSSR count). The third-order valence-corrected chi connectivity index (χ3v) is 5.18. The molecule has 2 heterocycles. The lowest BCUT2D eigenvalue weighted by Gasteiger charge is -2.12. The fraction of sp³-hybridized carbons (Fsp3) is 0.250. The van der Waals surface area contributed by atoms with Crippen molar-refractivity contribution in [1.29, 1.82) is 0 Å². The largest absolute Gasteiger partial charge is 0.496 e. The number of hydrogen-bond acceptors (Lipinski definition) is 6. The van der Waals surface area contributed by atoms with E-state index in [9.17, 15) is 0 Å². The molecule has 2 aromatic heterocycles. The Hall–Kier alpha value is -1.93. The van der Waals surface area contributed by atoms with Gasteiger partial charge >= 0.3 is 0 Å². The standard InChI is InChI=1S/C16H16BrN3O3S/c1-20-15(12-5-4-6-23-12)18-19-16(20)24-9-10-7-14(22-3)11(17)8-13(10)21-2/h4-8H,9H2,1-3H3. The van der Waals surface area contributed by atoms with Crippen molar-refractivity contribution in [1.82, 2.24) is 14.8 Å². The first-order chi connectivity index (χ1) is 11.6. The average molecular weight is 410 g/mol. The summed E-state index contributed by atoms with van der Waals surface area (Å²) in [5.74, 6) is 3.63. The molecule has 126 valence electrons. The highest BCUT2D eigenvalue weighted by Gasteiger charge is 2.15. The summed E-state index contributed by atoms with van der Waals surface area (Å²) in [5, 5.41) is 9.23. The highest BCUT2D eigenvalue weighted by Crippen LogP contribution is 2.36. The predicted octanol–water partition coefficient (Wildman–Crippen LogP) is 4.15. The number of rotatable bonds is 6. The Morgan fingerprint density at radius 3 is 2.67 bits per heavy atom. The fourth-order valence-corrected chi connectivity index (χ4v) is 3.61. The molecule has 0 unspecified atom stereocenters. The maximum absolute atomic E-state index is 5.45. The van der Waals surface area contributed by atoms with Crippen molar-refractivity contribution < 1.29 is 13.9 Å². The molecule has 0 aliphatic heterocycles. The van der Waals surface area contributed by atoms with E-state index >= 15 is 0 Å². The van der Waals surface area contributed by atoms with Gasteiger partial charge in [0, 0.05) is 18.4 Å². The Morgan fingerprint density at radius 2 is 2.00 bits per heavy atom. The number of thioether (sulfide) groups is 1. The van der Waals surface area contributed by atoms with E-state index in [2.05, 4.69) is 26.1 Å². The average Bonchev–Trinajstić information content (AvgIpc) is 3.23. The number of aromatic nitrogens is 3. The van der Waals surface area contributed by atoms with Gasteiger partial charge in [0.15, 0.2) is 16.7 Å². The Labute approximate surface area is 152 Å². The summed E-state index contributed by atoms with van der Waals surface area (Å²) in [5.41, 5.74) is 1.02. The van der Waals surface area contributed by atoms with E-state index in [1.54, 1.807) is 32.2 Å². The minimum absolute atomic E-state index is 0.678. The molecule has 0 spiro atoms. The molecule has 0 aliphatic carbocycles. The van der Waals surface area contributed by atoms with Crippen LogP contribution in [0.3, 0.4) is 0 Å². The van der Waals surface area contributed by atoms with Crippen LogP contribution in [0.15, 0.2) is 44.6 Å². The van der Waals surface area contributed by atoms with Gasteiger partial charge in [0.2, 0.25) is 0 Å². The predicted molar refractivity (Wildman–Crippen MR) is 95.5 cm³/mol. The minimum Gasteiger partial charge on any atom is -0.496 e. The number of halogens is 1. The van der Waals surface area contributed by atoms with Crippen LogP contribution in [-0.2, 0) is 12.8 Å². The molecular weight excluding hydrogens is 394 g/mol. The van der Waals surface area contributed by atoms with E-state index in [1.807, 2.05) is 35.9 Å². The Bertz CT molecular complexity index is 833. The lowest BCUT2D eigenvalue weighted by atomic mass is 10.2. The van der Waals surface area contributed by atoms with Gasteiger partial charge in [-0.3, -0.25) is 0 Å². The summed E-state index contributed by atoms with van der Waals surface area (Å²) < 4.78 is 19.0. The molecular formula is C16H16BrN3O3S. The molecule has 0 saturated heterocycles. The van der Waals surface area contributed by atoms with E-state index in [0.29, 0.717) is 17.3 Å². The Balaban J connectivity index is 1.81. The van der Waals surface area contributed by atoms with Crippen LogP contribution >= 0.6 is 27.7 Å². The van der Waals surface area contributed by atoms with E-state index in [4.69, 9.17) is 13.9 Å². The molecule has 3 aromatic rings. The van der Waals surface area contributed by atoms with Gasteiger partial charge in [0.25, 0.3) is 0 Å². The van der Waals surface area contributed by atoms with Gasteiger partial charge in [-0.2, -0.15) is 0 Å². The van der Waals surface area contributed by atoms with Crippen LogP contribution in [0.2, 0.25) is 0 Å². The SMILES string of the molecule is COc1cc(CSc2nnc(-c3ccco3)n2C)c(OC)cc1Br. The summed E-state index contributed by atoms with van der Waals surface area (Å²) >= 11 is 5.04. The number of benzene rings is 1. The van der Waals surface area contributed by atoms with Crippen molar-refractivity contribution in [3.8, 4) is 23.1 Å². The molecule has 24 heavy (non-hydrogen) atoms. The van der Waals surface area contributed by atoms with Crippen LogP contribution in [0.25, 0.3) is 11.6 Å². The van der Waals surface area contributed by atoms with Crippen LogP contribution in [0.1, 0.15) is 5.56 Å². The second-order valence-electron chi connectivity index (χ2n) is 4.93. The third kappa shape index (κ3) is 3.29. The zero-order valence-corrected chi connectivity index (χ0v) is 15.8. The smallest absolute Gasteiger partial charge is 0.200 e. The second-order valence-corrected chi connectivity index (χ2v) is 6.73. The first kappa shape index (κ1) is 16.9. The van der Waals surface area contributed by atoms with Crippen LogP contribution in [0.5, 0.6) is 11.5 Å². The van der Waals surface area contributed by atoms with Gasteiger partial charge < -0.3 is 18.5 Å². The van der Waals surface area contributed by atoms with Crippen LogP contribution in [0, 0.1) is 0 Å². The van der Waals surface area contributed by atoms with Crippen molar-refractivity contribution in [2.75, 3.05) is 14.2 Å². The summed E-state index contributed by atoms with van der Waals surface area (Å²) in [6.07, 6.45) is 1.62. The normalized spacial score (nSPS) is 10.8. The highest BCUT2D eigenvalue weighted by atomic mass is 79.9. The lowest BCUT2D eigenvalue weighted by Crippen LogP contribution is -1.96. The zero-order chi connectivity index (χ0) is 17.1. The van der Waals surface area contributed by atoms with Crippen LogP contribution in [0.4, 0.5) is 0 Å². The molecule has 0 atom stereocenters. The third-order valence-electron chi connectivity index (χ3n) is 3.49. The van der Waals surface area contributed by atoms with Gasteiger partial charge in [0.1, 0.15) is 11.5 Å². The molecule has 8 heteroatoms. The Kier molecular flexibility index (Phi) is 5.15. The van der Waals surface area contributed by atoms with Gasteiger partial charge in [-0.05, 0) is 40.2 Å². The van der Waals surface area contributed by atoms with E-state index in [0.717, 1.165) is 26.7 Å². The van der Waals surface area contributed by atoms with Gasteiger partial charge in [-0.25, -0.2) is 0 Å². The molecule has 0 amide bonds. The molecule has 6 nitrogen and oxygen atoms in total. The fourth-order valence-electron chi connectivity index (χ4n) is 2.24. The number of furan rings is 1. The van der Waals surface area contributed by atoms with Crippen molar-refractivity contribution in [3.63, 3.8) is 0 Å². The summed E-state index contributed by atoms with van der Waals surface area (Å²) in [6, 6.07) is 7.55. The van der Waals surface area contributed by atoms with Crippen LogP contribution in [-0.4, -0.2) is 29.0 Å². The quantitative estimate of drug-likeness (QED) is 0.569. The molecule has 0 radical (unpaired) electrons. The summed E-state index contributed by atoms with van der Waals surface area (Å²) in [6.45, 7) is 0. The number of hydrogen-bond donors (Lipinski definition) is 0. The first-order valence-electron chi connectivity index (χ1n) is 7.10. The van der Waals surface area contributed by atoms with E-state index in [1.165, 1.54) is 0 Å². The van der Waals surface area contributed by atoms with Gasteiger partial charge in [0.05, 0.1) is 25.0 Å². The molecule has 0 N–H and O–H groups in total. The van der Waals surface area contributed by atoms with Crippen molar-refractivity contribution in [2.24, 2.45) is 7.05 Å². The van der Waals surface area contributed by atoms with Crippen LogP contribution < -0.4 is 9.47 Å². The van der Waals surface area contributed by atoms with E-state index in [-0.39, 0.29) is 0 Å². The molecule has 0 fully saturated rings. The van der Waals surface area contributed by atoms with Crippen molar-refractivity contribution >= 4 is 27.7 Å². The lowest BCUT2D eigenvalue weighted by molar-refractivity contribution is 0.398. The second kappa shape index (κ2) is 7.31. The minimum atomic E-state index is 0.678. The van der Waals surface area contributed by atoms with E-state index < -0.39 is 0 Å². The zero-order valence-electron chi connectivity index (χ0n) is 13.4. The maximum atomic E-state index is 5.45. The molecule has 0 aliphatic rings. The number of methoxy groups -OCH3 is 2. The van der Waals surface area contributed by atoms with Crippen molar-refractivity contribution in [2.45, 2.75) is 10.9 Å². The van der Waals surface area contributed by atoms with Gasteiger partial charge in [-0.1, -0.05) is 11.8 Å². The first-order valence-corrected chi connectivity index (χ1v) is 8.88.